The number of hydrogen-bond acceptors (Lipinski definition) is 3. The van der Waals surface area contributed by atoms with Crippen LogP contribution >= 0.6 is 34.0 Å². The van der Waals surface area contributed by atoms with Crippen LogP contribution in [0.15, 0.2) is 66.0 Å². The summed E-state index contributed by atoms with van der Waals surface area (Å²) in [6.45, 7) is 2.28. The lowest BCUT2D eigenvalue weighted by Gasteiger charge is -1.97. The van der Waals surface area contributed by atoms with Crippen molar-refractivity contribution < 1.29 is 0 Å². The van der Waals surface area contributed by atoms with Crippen molar-refractivity contribution in [3.8, 4) is 20.2 Å². The van der Waals surface area contributed by atoms with Gasteiger partial charge >= 0.3 is 0 Å². The van der Waals surface area contributed by atoms with Gasteiger partial charge in [0.1, 0.15) is 0 Å². The van der Waals surface area contributed by atoms with E-state index in [4.69, 9.17) is 0 Å². The molecule has 0 bridgehead atoms. The number of unbranched alkanes of at least 4 members (excludes halogenated alkanes) is 3. The lowest BCUT2D eigenvalue weighted by atomic mass is 10.1. The van der Waals surface area contributed by atoms with Crippen LogP contribution in [0, 0.1) is 0 Å². The molecule has 0 unspecified atom stereocenters. The van der Waals surface area contributed by atoms with Gasteiger partial charge in [-0.25, -0.2) is 0 Å². The molecule has 0 saturated carbocycles. The summed E-state index contributed by atoms with van der Waals surface area (Å²) in [7, 11) is 0. The molecule has 3 heteroatoms. The molecule has 0 nitrogen and oxygen atoms in total. The third-order valence-corrected chi connectivity index (χ3v) is 9.05. The van der Waals surface area contributed by atoms with E-state index < -0.39 is 0 Å². The van der Waals surface area contributed by atoms with Crippen LogP contribution in [0.4, 0.5) is 0 Å². The highest BCUT2D eigenvalue weighted by molar-refractivity contribution is 7.26. The fraction of sp³-hybridized carbons (Fsp3) is 0.231. The van der Waals surface area contributed by atoms with Crippen molar-refractivity contribution in [2.45, 2.75) is 39.0 Å². The van der Waals surface area contributed by atoms with Gasteiger partial charge in [-0.3, -0.25) is 0 Å². The molecule has 0 aliphatic carbocycles. The first-order chi connectivity index (χ1) is 14.3. The maximum absolute atomic E-state index is 2.35. The Balaban J connectivity index is 1.55. The summed E-state index contributed by atoms with van der Waals surface area (Å²) >= 11 is 5.80. The van der Waals surface area contributed by atoms with Crippen molar-refractivity contribution in [2.75, 3.05) is 0 Å². The number of benzene rings is 2. The number of rotatable bonds is 7. The fourth-order valence-electron chi connectivity index (χ4n) is 3.99. The van der Waals surface area contributed by atoms with Crippen LogP contribution in [0.3, 0.4) is 0 Å². The first-order valence-electron chi connectivity index (χ1n) is 10.4. The Morgan fingerprint density at radius 1 is 0.690 bits per heavy atom. The summed E-state index contributed by atoms with van der Waals surface area (Å²) in [4.78, 5) is 5.78. The van der Waals surface area contributed by atoms with E-state index in [1.54, 1.807) is 0 Å². The van der Waals surface area contributed by atoms with Crippen LogP contribution in [0.5, 0.6) is 0 Å². The van der Waals surface area contributed by atoms with E-state index in [2.05, 4.69) is 73.0 Å². The van der Waals surface area contributed by atoms with Gasteiger partial charge in [-0.05, 0) is 31.0 Å². The molecule has 2 aromatic carbocycles. The van der Waals surface area contributed by atoms with Crippen molar-refractivity contribution >= 4 is 54.9 Å². The van der Waals surface area contributed by atoms with Crippen molar-refractivity contribution in [3.05, 3.63) is 70.9 Å². The highest BCUT2D eigenvalue weighted by Crippen LogP contribution is 2.48. The van der Waals surface area contributed by atoms with Gasteiger partial charge in [0.25, 0.3) is 0 Å². The van der Waals surface area contributed by atoms with Crippen molar-refractivity contribution in [3.63, 3.8) is 0 Å². The van der Waals surface area contributed by atoms with Crippen LogP contribution in [-0.4, -0.2) is 0 Å². The summed E-state index contributed by atoms with van der Waals surface area (Å²) in [6, 6.07) is 22.4. The van der Waals surface area contributed by atoms with Crippen molar-refractivity contribution in [2.24, 2.45) is 0 Å². The quantitative estimate of drug-likeness (QED) is 0.224. The molecule has 0 N–H and O–H groups in total. The molecule has 0 aliphatic rings. The van der Waals surface area contributed by atoms with Crippen molar-refractivity contribution in [1.82, 2.24) is 0 Å². The smallest absolute Gasteiger partial charge is 0.0527 e. The topological polar surface area (TPSA) is 0 Å². The summed E-state index contributed by atoms with van der Waals surface area (Å²) in [5.74, 6) is 0. The summed E-state index contributed by atoms with van der Waals surface area (Å²) in [6.07, 6.45) is 6.53. The molecule has 29 heavy (non-hydrogen) atoms. The van der Waals surface area contributed by atoms with Gasteiger partial charge in [-0.1, -0.05) is 68.7 Å². The molecule has 0 atom stereocenters. The maximum Gasteiger partial charge on any atom is 0.0527 e. The average Bonchev–Trinajstić information content (AvgIpc) is 3.47. The zero-order valence-corrected chi connectivity index (χ0v) is 19.1. The number of fused-ring (bicyclic) bond motifs is 2. The fourth-order valence-corrected chi connectivity index (χ4v) is 7.50. The Morgan fingerprint density at radius 2 is 1.45 bits per heavy atom. The maximum atomic E-state index is 2.35. The molecular formula is C26H24S3. The zero-order valence-electron chi connectivity index (χ0n) is 16.6. The van der Waals surface area contributed by atoms with Crippen molar-refractivity contribution in [1.29, 1.82) is 0 Å². The van der Waals surface area contributed by atoms with Gasteiger partial charge in [0.2, 0.25) is 0 Å². The monoisotopic (exact) mass is 432 g/mol. The normalized spacial score (nSPS) is 11.6. The summed E-state index contributed by atoms with van der Waals surface area (Å²) in [5, 5.41) is 6.48. The van der Waals surface area contributed by atoms with Crippen LogP contribution in [-0.2, 0) is 6.42 Å². The lowest BCUT2D eigenvalue weighted by Crippen LogP contribution is -1.80. The number of aryl methyl sites for hydroxylation is 1. The van der Waals surface area contributed by atoms with E-state index in [0.717, 1.165) is 0 Å². The molecule has 5 rings (SSSR count). The molecule has 0 saturated heterocycles. The van der Waals surface area contributed by atoms with Crippen LogP contribution in [0.25, 0.3) is 41.1 Å². The van der Waals surface area contributed by atoms with Gasteiger partial charge in [0.05, 0.1) is 4.88 Å². The zero-order chi connectivity index (χ0) is 19.6. The minimum absolute atomic E-state index is 1.22. The van der Waals surface area contributed by atoms with E-state index >= 15 is 0 Å². The average molecular weight is 433 g/mol. The second-order valence-corrected chi connectivity index (χ2v) is 10.6. The first kappa shape index (κ1) is 19.0. The third kappa shape index (κ3) is 3.68. The van der Waals surface area contributed by atoms with Crippen LogP contribution in [0.1, 0.15) is 37.5 Å². The SMILES string of the molecule is CCCCCCc1ccc(-c2sc(-c3csc4ccccc34)c3ccccc23)s1. The van der Waals surface area contributed by atoms with Gasteiger partial charge in [0.15, 0.2) is 0 Å². The Hall–Kier alpha value is -1.94. The molecular weight excluding hydrogens is 408 g/mol. The molecule has 0 spiro atoms. The van der Waals surface area contributed by atoms with E-state index in [-0.39, 0.29) is 0 Å². The van der Waals surface area contributed by atoms with Gasteiger partial charge in [-0.15, -0.1) is 34.0 Å². The summed E-state index contributed by atoms with van der Waals surface area (Å²) in [5.41, 5.74) is 1.38. The molecule has 0 amide bonds. The number of hydrogen-bond donors (Lipinski definition) is 0. The van der Waals surface area contributed by atoms with Crippen LogP contribution < -0.4 is 0 Å². The van der Waals surface area contributed by atoms with E-state index in [9.17, 15) is 0 Å². The molecule has 0 aliphatic heterocycles. The lowest BCUT2D eigenvalue weighted by molar-refractivity contribution is 0.670. The van der Waals surface area contributed by atoms with Crippen LogP contribution in [0.2, 0.25) is 0 Å². The molecule has 0 radical (unpaired) electrons. The Labute approximate surface area is 184 Å². The molecule has 0 fully saturated rings. The molecule has 146 valence electrons. The van der Waals surface area contributed by atoms with Gasteiger partial charge < -0.3 is 0 Å². The Kier molecular flexibility index (Phi) is 5.54. The second kappa shape index (κ2) is 8.43. The summed E-state index contributed by atoms with van der Waals surface area (Å²) < 4.78 is 1.37. The third-order valence-electron chi connectivity index (χ3n) is 5.51. The van der Waals surface area contributed by atoms with E-state index in [1.807, 2.05) is 34.0 Å². The Morgan fingerprint density at radius 3 is 2.28 bits per heavy atom. The van der Waals surface area contributed by atoms with Gasteiger partial charge in [-0.2, -0.15) is 0 Å². The minimum atomic E-state index is 1.22. The van der Waals surface area contributed by atoms with Gasteiger partial charge in [0, 0.05) is 46.4 Å². The highest BCUT2D eigenvalue weighted by atomic mass is 32.1. The predicted octanol–water partition coefficient (Wildman–Crippen LogP) is 9.63. The predicted molar refractivity (Wildman–Crippen MR) is 134 cm³/mol. The number of thiophene rings is 3. The molecule has 3 heterocycles. The standard InChI is InChI=1S/C26H24S3/c1-2-3-4-5-10-18-15-16-24(28-18)26-21-13-7-6-12-20(21)25(29-26)22-17-27-23-14-9-8-11-19(22)23/h6-9,11-17H,2-5,10H2,1H3. The molecule has 3 aromatic heterocycles. The first-order valence-corrected chi connectivity index (χ1v) is 12.9. The minimum Gasteiger partial charge on any atom is -0.143 e. The highest BCUT2D eigenvalue weighted by Gasteiger charge is 2.17. The van der Waals surface area contributed by atoms with E-state index in [0.29, 0.717) is 0 Å². The Bertz CT molecular complexity index is 1250. The largest absolute Gasteiger partial charge is 0.143 e. The molecule has 5 aromatic rings. The van der Waals surface area contributed by atoms with E-state index in [1.165, 1.54) is 78.0 Å². The second-order valence-electron chi connectivity index (χ2n) is 7.53.